The fourth-order valence-electron chi connectivity index (χ4n) is 3.38. The summed E-state index contributed by atoms with van der Waals surface area (Å²) in [6.45, 7) is -0.168. The van der Waals surface area contributed by atoms with Crippen LogP contribution < -0.4 is 0 Å². The van der Waals surface area contributed by atoms with Crippen molar-refractivity contribution >= 4 is 23.1 Å². The number of hydrogen-bond acceptors (Lipinski definition) is 4. The molecule has 7 heteroatoms. The van der Waals surface area contributed by atoms with Crippen molar-refractivity contribution in [2.45, 2.75) is 5.54 Å². The highest BCUT2D eigenvalue weighted by Gasteiger charge is 2.51. The smallest absolute Gasteiger partial charge is 0.265 e. The molecule has 142 valence electrons. The van der Waals surface area contributed by atoms with E-state index in [1.807, 2.05) is 17.5 Å². The van der Waals surface area contributed by atoms with Gasteiger partial charge >= 0.3 is 0 Å². The molecule has 0 aliphatic carbocycles. The summed E-state index contributed by atoms with van der Waals surface area (Å²) >= 11 is 1.42. The van der Waals surface area contributed by atoms with Gasteiger partial charge in [0.15, 0.2) is 5.54 Å². The summed E-state index contributed by atoms with van der Waals surface area (Å²) in [4.78, 5) is 20.6. The van der Waals surface area contributed by atoms with Gasteiger partial charge in [-0.15, -0.1) is 11.3 Å². The highest BCUT2D eigenvalue weighted by atomic mass is 32.1. The monoisotopic (exact) mass is 398 g/mol. The van der Waals surface area contributed by atoms with Crippen LogP contribution in [0.1, 0.15) is 16.0 Å². The van der Waals surface area contributed by atoms with Gasteiger partial charge in [0.25, 0.3) is 5.91 Å². The summed E-state index contributed by atoms with van der Waals surface area (Å²) in [7, 11) is 0. The van der Waals surface area contributed by atoms with Crippen molar-refractivity contribution in [1.29, 1.82) is 0 Å². The second kappa shape index (κ2) is 7.26. The largest absolute Gasteiger partial charge is 0.395 e. The summed E-state index contributed by atoms with van der Waals surface area (Å²) in [5, 5.41) is 11.4. The fraction of sp³-hybridized carbons (Fsp3) is 0.143. The van der Waals surface area contributed by atoms with E-state index in [0.717, 1.165) is 4.88 Å². The number of benzene rings is 2. The Bertz CT molecular complexity index is 970. The molecule has 0 radical (unpaired) electrons. The van der Waals surface area contributed by atoms with Crippen LogP contribution in [0, 0.1) is 11.6 Å². The van der Waals surface area contributed by atoms with Crippen molar-refractivity contribution in [3.63, 3.8) is 0 Å². The lowest BCUT2D eigenvalue weighted by molar-refractivity contribution is -0.130. The van der Waals surface area contributed by atoms with Crippen molar-refractivity contribution in [1.82, 2.24) is 4.90 Å². The van der Waals surface area contributed by atoms with Gasteiger partial charge in [0, 0.05) is 0 Å². The highest BCUT2D eigenvalue weighted by molar-refractivity contribution is 7.12. The second-order valence-corrected chi connectivity index (χ2v) is 7.26. The molecule has 0 saturated carbocycles. The first-order valence-corrected chi connectivity index (χ1v) is 9.53. The van der Waals surface area contributed by atoms with Crippen LogP contribution in [0.15, 0.2) is 71.0 Å². The van der Waals surface area contributed by atoms with E-state index in [1.54, 1.807) is 0 Å². The molecule has 1 N–H and O–H groups in total. The molecule has 4 rings (SSSR count). The first-order valence-electron chi connectivity index (χ1n) is 8.65. The molecule has 0 saturated heterocycles. The Morgan fingerprint density at radius 3 is 2.00 bits per heavy atom. The van der Waals surface area contributed by atoms with Crippen LogP contribution in [0.5, 0.6) is 0 Å². The van der Waals surface area contributed by atoms with Crippen LogP contribution in [-0.2, 0) is 10.3 Å². The maximum Gasteiger partial charge on any atom is 0.265 e. The normalized spacial score (nSPS) is 15.8. The first-order chi connectivity index (χ1) is 13.6. The SMILES string of the molecule is O=C1N(CCO)C(c2cccs2)=NC1(c1ccc(F)cc1)c1ccc(F)cc1. The van der Waals surface area contributed by atoms with Gasteiger partial charge in [-0.2, -0.15) is 0 Å². The zero-order valence-electron chi connectivity index (χ0n) is 14.7. The molecule has 0 bridgehead atoms. The van der Waals surface area contributed by atoms with Gasteiger partial charge in [-0.3, -0.25) is 9.69 Å². The fourth-order valence-corrected chi connectivity index (χ4v) is 4.11. The minimum Gasteiger partial charge on any atom is -0.395 e. The lowest BCUT2D eigenvalue weighted by Crippen LogP contribution is -2.43. The van der Waals surface area contributed by atoms with E-state index in [-0.39, 0.29) is 19.1 Å². The Balaban J connectivity index is 1.98. The van der Waals surface area contributed by atoms with E-state index in [0.29, 0.717) is 17.0 Å². The molecule has 2 heterocycles. The number of carbonyl (C=O) groups is 1. The predicted molar refractivity (Wildman–Crippen MR) is 103 cm³/mol. The molecule has 2 aromatic carbocycles. The maximum absolute atomic E-state index is 13.6. The van der Waals surface area contributed by atoms with E-state index in [4.69, 9.17) is 4.99 Å². The van der Waals surface area contributed by atoms with Crippen LogP contribution >= 0.6 is 11.3 Å². The van der Waals surface area contributed by atoms with E-state index in [2.05, 4.69) is 0 Å². The molecule has 0 atom stereocenters. The molecular weight excluding hydrogens is 382 g/mol. The molecule has 1 aliphatic rings. The molecule has 1 aromatic heterocycles. The Labute approximate surface area is 164 Å². The van der Waals surface area contributed by atoms with Crippen molar-refractivity contribution in [3.8, 4) is 0 Å². The molecular formula is C21H16F2N2O2S. The average molecular weight is 398 g/mol. The van der Waals surface area contributed by atoms with E-state index in [1.165, 1.54) is 64.8 Å². The molecule has 28 heavy (non-hydrogen) atoms. The minimum absolute atomic E-state index is 0.0692. The Morgan fingerprint density at radius 1 is 0.964 bits per heavy atom. The first kappa shape index (κ1) is 18.5. The number of aliphatic imine (C=N–C) groups is 1. The summed E-state index contributed by atoms with van der Waals surface area (Å²) in [5.41, 5.74) is -0.532. The zero-order chi connectivity index (χ0) is 19.7. The summed E-state index contributed by atoms with van der Waals surface area (Å²) < 4.78 is 27.1. The summed E-state index contributed by atoms with van der Waals surface area (Å²) in [6.07, 6.45) is 0. The highest BCUT2D eigenvalue weighted by Crippen LogP contribution is 2.41. The maximum atomic E-state index is 13.6. The van der Waals surface area contributed by atoms with E-state index in [9.17, 15) is 18.7 Å². The van der Waals surface area contributed by atoms with Crippen LogP contribution in [0.25, 0.3) is 0 Å². The van der Waals surface area contributed by atoms with Gasteiger partial charge in [-0.05, 0) is 46.8 Å². The number of aliphatic hydroxyl groups is 1. The van der Waals surface area contributed by atoms with E-state index < -0.39 is 17.2 Å². The average Bonchev–Trinajstić information content (AvgIpc) is 3.32. The van der Waals surface area contributed by atoms with Gasteiger partial charge < -0.3 is 5.11 Å². The van der Waals surface area contributed by atoms with Crippen molar-refractivity contribution in [2.24, 2.45) is 4.99 Å². The molecule has 0 unspecified atom stereocenters. The third-order valence-electron chi connectivity index (χ3n) is 4.67. The Kier molecular flexibility index (Phi) is 4.78. The molecule has 3 aromatic rings. The molecule has 1 aliphatic heterocycles. The minimum atomic E-state index is -1.48. The number of amides is 1. The Morgan fingerprint density at radius 2 is 1.54 bits per heavy atom. The molecule has 0 fully saturated rings. The van der Waals surface area contributed by atoms with Gasteiger partial charge in [0.05, 0.1) is 18.0 Å². The lowest BCUT2D eigenvalue weighted by atomic mass is 9.83. The number of halogens is 2. The summed E-state index contributed by atoms with van der Waals surface area (Å²) in [5.74, 6) is -0.804. The van der Waals surface area contributed by atoms with E-state index >= 15 is 0 Å². The topological polar surface area (TPSA) is 52.9 Å². The third kappa shape index (κ3) is 2.93. The van der Waals surface area contributed by atoms with Crippen molar-refractivity contribution < 1.29 is 18.7 Å². The number of rotatable bonds is 5. The molecule has 4 nitrogen and oxygen atoms in total. The van der Waals surface area contributed by atoms with Gasteiger partial charge in [-0.25, -0.2) is 13.8 Å². The quantitative estimate of drug-likeness (QED) is 0.715. The van der Waals surface area contributed by atoms with Gasteiger partial charge in [0.2, 0.25) is 0 Å². The number of carbonyl (C=O) groups excluding carboxylic acids is 1. The Hall–Kier alpha value is -2.90. The van der Waals surface area contributed by atoms with Crippen LogP contribution in [0.4, 0.5) is 8.78 Å². The summed E-state index contributed by atoms with van der Waals surface area (Å²) in [6, 6.07) is 14.8. The number of aliphatic hydroxyl groups excluding tert-OH is 1. The third-order valence-corrected chi connectivity index (χ3v) is 5.54. The molecule has 0 spiro atoms. The number of hydrogen-bond donors (Lipinski definition) is 1. The standard InChI is InChI=1S/C21H16F2N2O2S/c22-16-7-3-14(4-8-16)21(15-5-9-17(23)10-6-15)20(27)25(11-12-26)19(24-21)18-2-1-13-28-18/h1-10,13,26H,11-12H2. The predicted octanol–water partition coefficient (Wildman–Crippen LogP) is 3.55. The number of amidine groups is 1. The van der Waals surface area contributed by atoms with Crippen LogP contribution in [0.2, 0.25) is 0 Å². The second-order valence-electron chi connectivity index (χ2n) is 6.32. The van der Waals surface area contributed by atoms with Gasteiger partial charge in [-0.1, -0.05) is 30.3 Å². The van der Waals surface area contributed by atoms with Crippen LogP contribution in [-0.4, -0.2) is 34.9 Å². The molecule has 1 amide bonds. The van der Waals surface area contributed by atoms with Gasteiger partial charge in [0.1, 0.15) is 17.5 Å². The zero-order valence-corrected chi connectivity index (χ0v) is 15.5. The van der Waals surface area contributed by atoms with Crippen LogP contribution in [0.3, 0.4) is 0 Å². The number of β-amino-alcohol motifs (C(OH)–C–C–N with tert-alkyl or cyclic N) is 1. The van der Waals surface area contributed by atoms with Crippen molar-refractivity contribution in [2.75, 3.05) is 13.2 Å². The number of nitrogens with zero attached hydrogens (tertiary/aromatic N) is 2. The lowest BCUT2D eigenvalue weighted by Gasteiger charge is -2.27. The number of thiophene rings is 1. The van der Waals surface area contributed by atoms with Crippen molar-refractivity contribution in [3.05, 3.63) is 93.7 Å².